The van der Waals surface area contributed by atoms with Gasteiger partial charge in [-0.2, -0.15) is 0 Å². The number of nitrogens with zero attached hydrogens (tertiary/aromatic N) is 1. The van der Waals surface area contributed by atoms with Gasteiger partial charge in [-0.05, 0) is 56.2 Å². The van der Waals surface area contributed by atoms with Crippen molar-refractivity contribution in [2.75, 3.05) is 5.75 Å². The highest BCUT2D eigenvalue weighted by Gasteiger charge is 2.32. The normalized spacial score (nSPS) is 12.1. The van der Waals surface area contributed by atoms with Crippen LogP contribution in [0, 0.1) is 0 Å². The highest BCUT2D eigenvalue weighted by molar-refractivity contribution is 9.10. The third-order valence-corrected chi connectivity index (χ3v) is 6.85. The number of benzene rings is 3. The highest BCUT2D eigenvalue weighted by Crippen LogP contribution is 2.22. The molecule has 0 saturated heterocycles. The maximum Gasteiger partial charge on any atom is 0.243 e. The molecule has 0 bridgehead atoms. The van der Waals surface area contributed by atoms with E-state index in [1.54, 1.807) is 16.7 Å². The number of amides is 2. The molecule has 0 radical (unpaired) electrons. The van der Waals surface area contributed by atoms with Crippen molar-refractivity contribution in [2.45, 2.75) is 56.6 Å². The van der Waals surface area contributed by atoms with Crippen molar-refractivity contribution in [3.05, 3.63) is 101 Å². The molecular formula is C29H33BrN2O2S. The summed E-state index contributed by atoms with van der Waals surface area (Å²) in [5, 5.41) is 3.11. The quantitative estimate of drug-likeness (QED) is 0.292. The Labute approximate surface area is 221 Å². The van der Waals surface area contributed by atoms with Gasteiger partial charge in [-0.1, -0.05) is 76.6 Å². The number of halogens is 1. The third-order valence-electron chi connectivity index (χ3n) is 5.34. The van der Waals surface area contributed by atoms with Crippen molar-refractivity contribution in [3.63, 3.8) is 0 Å². The molecule has 6 heteroatoms. The first-order valence-corrected chi connectivity index (χ1v) is 13.6. The first-order valence-electron chi connectivity index (χ1n) is 11.8. The SMILES string of the molecule is CC(C)(C)NC(=O)[C@H](Cc1ccccc1)N(Cc1cccc(Br)c1)C(=O)CCSc1ccccc1. The minimum absolute atomic E-state index is 0.0293. The number of hydrogen-bond acceptors (Lipinski definition) is 3. The van der Waals surface area contributed by atoms with Gasteiger partial charge in [-0.15, -0.1) is 11.8 Å². The first kappa shape index (κ1) is 27.0. The van der Waals surface area contributed by atoms with Crippen LogP contribution >= 0.6 is 27.7 Å². The Hall–Kier alpha value is -2.57. The van der Waals surface area contributed by atoms with Gasteiger partial charge in [0, 0.05) is 40.0 Å². The molecule has 1 N–H and O–H groups in total. The smallest absolute Gasteiger partial charge is 0.243 e. The molecule has 3 rings (SSSR count). The van der Waals surface area contributed by atoms with E-state index in [-0.39, 0.29) is 11.8 Å². The number of rotatable bonds is 10. The summed E-state index contributed by atoms with van der Waals surface area (Å²) in [4.78, 5) is 30.1. The monoisotopic (exact) mass is 552 g/mol. The predicted octanol–water partition coefficient (Wildman–Crippen LogP) is 6.49. The van der Waals surface area contributed by atoms with Crippen molar-refractivity contribution in [2.24, 2.45) is 0 Å². The lowest BCUT2D eigenvalue weighted by Gasteiger charge is -2.34. The van der Waals surface area contributed by atoms with Gasteiger partial charge in [0.1, 0.15) is 6.04 Å². The number of nitrogens with one attached hydrogen (secondary N) is 1. The average molecular weight is 554 g/mol. The molecule has 0 fully saturated rings. The zero-order chi connectivity index (χ0) is 25.3. The number of thioether (sulfide) groups is 1. The maximum atomic E-state index is 13.6. The molecule has 184 valence electrons. The second kappa shape index (κ2) is 12.9. The summed E-state index contributed by atoms with van der Waals surface area (Å²) in [5.41, 5.74) is 1.59. The van der Waals surface area contributed by atoms with E-state index in [9.17, 15) is 9.59 Å². The largest absolute Gasteiger partial charge is 0.350 e. The minimum Gasteiger partial charge on any atom is -0.350 e. The molecule has 0 spiro atoms. The fourth-order valence-corrected chi connectivity index (χ4v) is 5.06. The average Bonchev–Trinajstić information content (AvgIpc) is 2.81. The van der Waals surface area contributed by atoms with Crippen LogP contribution in [0.2, 0.25) is 0 Å². The topological polar surface area (TPSA) is 49.4 Å². The van der Waals surface area contributed by atoms with Crippen LogP contribution in [-0.4, -0.2) is 34.0 Å². The summed E-state index contributed by atoms with van der Waals surface area (Å²) >= 11 is 5.18. The summed E-state index contributed by atoms with van der Waals surface area (Å²) in [6.45, 7) is 6.24. The van der Waals surface area contributed by atoms with Crippen LogP contribution in [0.4, 0.5) is 0 Å². The Kier molecular flexibility index (Phi) is 9.99. The minimum atomic E-state index is -0.621. The second-order valence-electron chi connectivity index (χ2n) is 9.51. The van der Waals surface area contributed by atoms with E-state index in [0.717, 1.165) is 20.5 Å². The van der Waals surface area contributed by atoms with Crippen molar-refractivity contribution < 1.29 is 9.59 Å². The van der Waals surface area contributed by atoms with E-state index in [1.807, 2.05) is 106 Å². The summed E-state index contributed by atoms with van der Waals surface area (Å²) in [6, 6.07) is 27.2. The van der Waals surface area contributed by atoms with E-state index in [4.69, 9.17) is 0 Å². The molecular weight excluding hydrogens is 520 g/mol. The zero-order valence-electron chi connectivity index (χ0n) is 20.5. The highest BCUT2D eigenvalue weighted by atomic mass is 79.9. The van der Waals surface area contributed by atoms with Crippen LogP contribution in [-0.2, 0) is 22.6 Å². The fraction of sp³-hybridized carbons (Fsp3) is 0.310. The van der Waals surface area contributed by atoms with Crippen molar-refractivity contribution >= 4 is 39.5 Å². The van der Waals surface area contributed by atoms with Crippen LogP contribution in [0.3, 0.4) is 0 Å². The van der Waals surface area contributed by atoms with Crippen molar-refractivity contribution in [1.29, 1.82) is 0 Å². The second-order valence-corrected chi connectivity index (χ2v) is 11.6. The standard InChI is InChI=1S/C29H33BrN2O2S/c1-29(2,3)31-28(34)26(20-22-11-6-4-7-12-22)32(21-23-13-10-14-24(30)19-23)27(33)17-18-35-25-15-8-5-9-16-25/h4-16,19,26H,17-18,20-21H2,1-3H3,(H,31,34)/t26-/m0/s1. The van der Waals surface area contributed by atoms with Gasteiger partial charge in [0.25, 0.3) is 0 Å². The van der Waals surface area contributed by atoms with Crippen molar-refractivity contribution in [1.82, 2.24) is 10.2 Å². The molecule has 2 amide bonds. The van der Waals surface area contributed by atoms with Crippen LogP contribution in [0.15, 0.2) is 94.3 Å². The molecule has 0 aliphatic heterocycles. The van der Waals surface area contributed by atoms with Gasteiger partial charge in [-0.3, -0.25) is 9.59 Å². The molecule has 0 unspecified atom stereocenters. The van der Waals surface area contributed by atoms with Gasteiger partial charge in [0.2, 0.25) is 11.8 Å². The Morgan fingerprint density at radius 3 is 2.17 bits per heavy atom. The molecule has 4 nitrogen and oxygen atoms in total. The Bertz CT molecular complexity index is 1100. The third kappa shape index (κ3) is 9.19. The van der Waals surface area contributed by atoms with E-state index in [2.05, 4.69) is 21.2 Å². The lowest BCUT2D eigenvalue weighted by Crippen LogP contribution is -2.54. The molecule has 35 heavy (non-hydrogen) atoms. The molecule has 0 aromatic heterocycles. The van der Waals surface area contributed by atoms with Crippen LogP contribution in [0.5, 0.6) is 0 Å². The van der Waals surface area contributed by atoms with Gasteiger partial charge in [-0.25, -0.2) is 0 Å². The summed E-state index contributed by atoms with van der Waals surface area (Å²) in [7, 11) is 0. The van der Waals surface area contributed by atoms with Gasteiger partial charge in [0.05, 0.1) is 0 Å². The van der Waals surface area contributed by atoms with E-state index < -0.39 is 11.6 Å². The van der Waals surface area contributed by atoms with E-state index in [0.29, 0.717) is 25.1 Å². The Morgan fingerprint density at radius 2 is 1.54 bits per heavy atom. The zero-order valence-corrected chi connectivity index (χ0v) is 22.9. The molecule has 0 aliphatic carbocycles. The van der Waals surface area contributed by atoms with Gasteiger partial charge < -0.3 is 10.2 Å². The van der Waals surface area contributed by atoms with Crippen LogP contribution in [0.25, 0.3) is 0 Å². The summed E-state index contributed by atoms with van der Waals surface area (Å²) < 4.78 is 0.945. The number of carbonyl (C=O) groups excluding carboxylic acids is 2. The molecule has 3 aromatic carbocycles. The summed E-state index contributed by atoms with van der Waals surface area (Å²) in [5.74, 6) is 0.482. The Morgan fingerprint density at radius 1 is 0.914 bits per heavy atom. The molecule has 0 saturated carbocycles. The number of carbonyl (C=O) groups is 2. The summed E-state index contributed by atoms with van der Waals surface area (Å²) in [6.07, 6.45) is 0.802. The lowest BCUT2D eigenvalue weighted by molar-refractivity contribution is -0.141. The lowest BCUT2D eigenvalue weighted by atomic mass is 10.0. The van der Waals surface area contributed by atoms with E-state index >= 15 is 0 Å². The van der Waals surface area contributed by atoms with Crippen LogP contribution < -0.4 is 5.32 Å². The fourth-order valence-electron chi connectivity index (χ4n) is 3.76. The molecule has 0 aliphatic rings. The van der Waals surface area contributed by atoms with Crippen LogP contribution in [0.1, 0.15) is 38.3 Å². The predicted molar refractivity (Wildman–Crippen MR) is 148 cm³/mol. The molecule has 1 atom stereocenters. The first-order chi connectivity index (χ1) is 16.7. The molecule has 0 heterocycles. The molecule has 3 aromatic rings. The van der Waals surface area contributed by atoms with E-state index in [1.165, 1.54) is 0 Å². The van der Waals surface area contributed by atoms with Gasteiger partial charge >= 0.3 is 0 Å². The number of hydrogen-bond donors (Lipinski definition) is 1. The Balaban J connectivity index is 1.87. The van der Waals surface area contributed by atoms with Gasteiger partial charge in [0.15, 0.2) is 0 Å². The maximum absolute atomic E-state index is 13.6. The van der Waals surface area contributed by atoms with Crippen molar-refractivity contribution in [3.8, 4) is 0 Å².